The summed E-state index contributed by atoms with van der Waals surface area (Å²) in [7, 11) is 0. The number of benzene rings is 4. The molecule has 0 aliphatic carbocycles. The van der Waals surface area contributed by atoms with Crippen LogP contribution in [0.1, 0.15) is 41.9 Å². The summed E-state index contributed by atoms with van der Waals surface area (Å²) in [5.74, 6) is 0.0120. The first-order valence-electron chi connectivity index (χ1n) is 14.7. The van der Waals surface area contributed by atoms with Gasteiger partial charge in [-0.1, -0.05) is 84.9 Å². The fourth-order valence-electron chi connectivity index (χ4n) is 5.69. The SMILES string of the molecule is O=C(Nc1ccccc1)N1CCC(N(CCC(c2ccccc2)c2ccccc2)C(=O)Nc2cccc(C(F)(F)F)c2)CC1. The number of carbonyl (C=O) groups excluding carboxylic acids is 2. The Morgan fingerprint density at radius 2 is 1.30 bits per heavy atom. The van der Waals surface area contributed by atoms with Crippen LogP contribution in [0.5, 0.6) is 0 Å². The molecule has 1 saturated heterocycles. The van der Waals surface area contributed by atoms with Crippen LogP contribution in [0.4, 0.5) is 34.1 Å². The van der Waals surface area contributed by atoms with Crippen molar-refractivity contribution in [3.63, 3.8) is 0 Å². The lowest BCUT2D eigenvalue weighted by Gasteiger charge is -2.39. The third-order valence-electron chi connectivity index (χ3n) is 7.98. The topological polar surface area (TPSA) is 64.7 Å². The Labute approximate surface area is 255 Å². The molecule has 4 aromatic carbocycles. The van der Waals surface area contributed by atoms with E-state index >= 15 is 0 Å². The third-order valence-corrected chi connectivity index (χ3v) is 7.98. The number of likely N-dealkylation sites (tertiary alicyclic amines) is 1. The first kappa shape index (κ1) is 30.7. The first-order chi connectivity index (χ1) is 21.3. The van der Waals surface area contributed by atoms with Crippen LogP contribution in [0, 0.1) is 0 Å². The van der Waals surface area contributed by atoms with Gasteiger partial charge in [-0.05, 0) is 60.7 Å². The van der Waals surface area contributed by atoms with E-state index in [4.69, 9.17) is 0 Å². The summed E-state index contributed by atoms with van der Waals surface area (Å²) in [6.45, 7) is 1.26. The number of urea groups is 2. The van der Waals surface area contributed by atoms with Gasteiger partial charge in [-0.15, -0.1) is 0 Å². The Morgan fingerprint density at radius 3 is 1.86 bits per heavy atom. The van der Waals surface area contributed by atoms with Gasteiger partial charge in [-0.3, -0.25) is 0 Å². The molecule has 1 aliphatic rings. The Kier molecular flexibility index (Phi) is 9.84. The summed E-state index contributed by atoms with van der Waals surface area (Å²) in [6.07, 6.45) is -2.83. The number of rotatable bonds is 8. The highest BCUT2D eigenvalue weighted by Gasteiger charge is 2.32. The second kappa shape index (κ2) is 14.1. The van der Waals surface area contributed by atoms with Crippen molar-refractivity contribution < 1.29 is 22.8 Å². The molecule has 0 aromatic heterocycles. The molecule has 0 saturated carbocycles. The molecule has 0 radical (unpaired) electrons. The number of piperidine rings is 1. The number of halogens is 3. The number of para-hydroxylation sites is 1. The molecular formula is C35H35F3N4O2. The second-order valence-electron chi connectivity index (χ2n) is 10.9. The van der Waals surface area contributed by atoms with Crippen LogP contribution in [0.2, 0.25) is 0 Å². The zero-order valence-corrected chi connectivity index (χ0v) is 24.2. The zero-order valence-electron chi connectivity index (χ0n) is 24.2. The van der Waals surface area contributed by atoms with Crippen LogP contribution in [-0.4, -0.2) is 47.5 Å². The zero-order chi connectivity index (χ0) is 30.9. The fourth-order valence-corrected chi connectivity index (χ4v) is 5.69. The average Bonchev–Trinajstić information content (AvgIpc) is 3.04. The number of alkyl halides is 3. The summed E-state index contributed by atoms with van der Waals surface area (Å²) in [5.41, 5.74) is 2.19. The number of hydrogen-bond donors (Lipinski definition) is 2. The van der Waals surface area contributed by atoms with Crippen molar-refractivity contribution in [2.24, 2.45) is 0 Å². The molecule has 1 heterocycles. The van der Waals surface area contributed by atoms with E-state index in [-0.39, 0.29) is 23.7 Å². The normalized spacial score (nSPS) is 13.9. The molecule has 0 bridgehead atoms. The highest BCUT2D eigenvalue weighted by Crippen LogP contribution is 2.32. The lowest BCUT2D eigenvalue weighted by molar-refractivity contribution is -0.137. The maximum absolute atomic E-state index is 13.8. The van der Waals surface area contributed by atoms with E-state index in [1.54, 1.807) is 9.80 Å². The molecule has 0 spiro atoms. The summed E-state index contributed by atoms with van der Waals surface area (Å²) >= 11 is 0. The predicted octanol–water partition coefficient (Wildman–Crippen LogP) is 8.46. The average molecular weight is 601 g/mol. The lowest BCUT2D eigenvalue weighted by atomic mass is 9.88. The Bertz CT molecular complexity index is 1470. The second-order valence-corrected chi connectivity index (χ2v) is 10.9. The minimum atomic E-state index is -4.52. The largest absolute Gasteiger partial charge is 0.416 e. The summed E-state index contributed by atoms with van der Waals surface area (Å²) in [4.78, 5) is 30.1. The molecule has 6 nitrogen and oxygen atoms in total. The monoisotopic (exact) mass is 600 g/mol. The van der Waals surface area contributed by atoms with Gasteiger partial charge in [0.2, 0.25) is 0 Å². The number of amides is 4. The Balaban J connectivity index is 1.33. The van der Waals surface area contributed by atoms with Crippen molar-refractivity contribution in [3.05, 3.63) is 132 Å². The number of nitrogens with zero attached hydrogens (tertiary/aromatic N) is 2. The van der Waals surface area contributed by atoms with E-state index in [2.05, 4.69) is 34.9 Å². The smallest absolute Gasteiger partial charge is 0.324 e. The Morgan fingerprint density at radius 1 is 0.750 bits per heavy atom. The maximum Gasteiger partial charge on any atom is 0.416 e. The molecule has 0 atom stereocenters. The summed E-state index contributed by atoms with van der Waals surface area (Å²) < 4.78 is 40.1. The van der Waals surface area contributed by atoms with Crippen LogP contribution in [-0.2, 0) is 6.18 Å². The number of anilines is 2. The number of nitrogens with one attached hydrogen (secondary N) is 2. The molecule has 1 fully saturated rings. The van der Waals surface area contributed by atoms with Crippen molar-refractivity contribution in [2.45, 2.75) is 37.4 Å². The molecule has 4 amide bonds. The van der Waals surface area contributed by atoms with E-state index < -0.39 is 17.8 Å². The van der Waals surface area contributed by atoms with Gasteiger partial charge >= 0.3 is 18.2 Å². The summed E-state index contributed by atoms with van der Waals surface area (Å²) in [5, 5.41) is 5.62. The molecule has 9 heteroatoms. The minimum Gasteiger partial charge on any atom is -0.324 e. The van der Waals surface area contributed by atoms with E-state index in [0.717, 1.165) is 23.3 Å². The number of hydrogen-bond acceptors (Lipinski definition) is 2. The summed E-state index contributed by atoms with van der Waals surface area (Å²) in [6, 6.07) is 33.1. The van der Waals surface area contributed by atoms with E-state index in [1.807, 2.05) is 66.7 Å². The highest BCUT2D eigenvalue weighted by atomic mass is 19.4. The van der Waals surface area contributed by atoms with Gasteiger partial charge < -0.3 is 20.4 Å². The Hall–Kier alpha value is -4.79. The van der Waals surface area contributed by atoms with Crippen molar-refractivity contribution in [2.75, 3.05) is 30.3 Å². The van der Waals surface area contributed by atoms with E-state index in [1.165, 1.54) is 12.1 Å². The minimum absolute atomic E-state index is 0.0120. The molecule has 2 N–H and O–H groups in total. The quantitative estimate of drug-likeness (QED) is 0.213. The van der Waals surface area contributed by atoms with Crippen LogP contribution in [0.25, 0.3) is 0 Å². The van der Waals surface area contributed by atoms with Crippen molar-refractivity contribution in [1.82, 2.24) is 9.80 Å². The highest BCUT2D eigenvalue weighted by molar-refractivity contribution is 5.90. The standard InChI is InChI=1S/C35H35F3N4O2/c36-35(37,38)28-15-10-18-30(25-28)40-34(44)42(24-21-32(26-11-4-1-5-12-26)27-13-6-2-7-14-27)31-19-22-41(23-20-31)33(43)39-29-16-8-3-9-17-29/h1-18,25,31-32H,19-24H2,(H,39,43)(H,40,44). The fraction of sp³-hybridized carbons (Fsp3) is 0.257. The first-order valence-corrected chi connectivity index (χ1v) is 14.7. The van der Waals surface area contributed by atoms with Gasteiger partial charge in [0, 0.05) is 43.0 Å². The van der Waals surface area contributed by atoms with Crippen molar-refractivity contribution in [3.8, 4) is 0 Å². The van der Waals surface area contributed by atoms with E-state index in [9.17, 15) is 22.8 Å². The van der Waals surface area contributed by atoms with Gasteiger partial charge in [-0.25, -0.2) is 9.59 Å². The van der Waals surface area contributed by atoms with Crippen LogP contribution >= 0.6 is 0 Å². The third kappa shape index (κ3) is 7.98. The van der Waals surface area contributed by atoms with Crippen LogP contribution in [0.3, 0.4) is 0 Å². The van der Waals surface area contributed by atoms with Gasteiger partial charge in [0.15, 0.2) is 0 Å². The van der Waals surface area contributed by atoms with Crippen LogP contribution in [0.15, 0.2) is 115 Å². The molecule has 44 heavy (non-hydrogen) atoms. The van der Waals surface area contributed by atoms with Gasteiger partial charge in [0.25, 0.3) is 0 Å². The lowest BCUT2D eigenvalue weighted by Crippen LogP contribution is -2.51. The molecule has 228 valence electrons. The van der Waals surface area contributed by atoms with Gasteiger partial charge in [-0.2, -0.15) is 13.2 Å². The van der Waals surface area contributed by atoms with Crippen molar-refractivity contribution >= 4 is 23.4 Å². The van der Waals surface area contributed by atoms with Crippen LogP contribution < -0.4 is 10.6 Å². The molecule has 4 aromatic rings. The van der Waals surface area contributed by atoms with Crippen molar-refractivity contribution in [1.29, 1.82) is 0 Å². The number of carbonyl (C=O) groups is 2. The molecular weight excluding hydrogens is 565 g/mol. The maximum atomic E-state index is 13.8. The van der Waals surface area contributed by atoms with E-state index in [0.29, 0.717) is 44.6 Å². The molecule has 5 rings (SSSR count). The molecule has 1 aliphatic heterocycles. The molecule has 0 unspecified atom stereocenters. The predicted molar refractivity (Wildman–Crippen MR) is 167 cm³/mol. The van der Waals surface area contributed by atoms with Gasteiger partial charge in [0.1, 0.15) is 0 Å². The van der Waals surface area contributed by atoms with Gasteiger partial charge in [0.05, 0.1) is 5.56 Å².